The molecule has 2 rings (SSSR count). The first-order valence-corrected chi connectivity index (χ1v) is 8.38. The number of nitrogens with zero attached hydrogens (tertiary/aromatic N) is 2. The van der Waals surface area contributed by atoms with Crippen LogP contribution < -0.4 is 0 Å². The van der Waals surface area contributed by atoms with Gasteiger partial charge in [0.15, 0.2) is 5.03 Å². The molecule has 0 amide bonds. The molecular formula is C13H14ClFN2O2S. The van der Waals surface area contributed by atoms with Crippen molar-refractivity contribution in [2.45, 2.75) is 31.8 Å². The molecule has 4 nitrogen and oxygen atoms in total. The lowest BCUT2D eigenvalue weighted by Gasteiger charge is -2.09. The monoisotopic (exact) mass is 316 g/mol. The third kappa shape index (κ3) is 3.19. The van der Waals surface area contributed by atoms with Crippen molar-refractivity contribution in [3.05, 3.63) is 47.2 Å². The Morgan fingerprint density at radius 3 is 2.65 bits per heavy atom. The maximum atomic E-state index is 13.1. The molecule has 0 spiro atoms. The number of aromatic nitrogens is 2. The van der Waals surface area contributed by atoms with E-state index in [0.717, 1.165) is 11.1 Å². The van der Waals surface area contributed by atoms with Crippen LogP contribution in [0.5, 0.6) is 0 Å². The van der Waals surface area contributed by atoms with Gasteiger partial charge in [0, 0.05) is 29.8 Å². The van der Waals surface area contributed by atoms with Crippen LogP contribution in [-0.2, 0) is 22.0 Å². The number of imidazole rings is 1. The van der Waals surface area contributed by atoms with Gasteiger partial charge in [0.25, 0.3) is 9.05 Å². The number of rotatable bonds is 4. The second kappa shape index (κ2) is 5.54. The van der Waals surface area contributed by atoms with Crippen LogP contribution in [0.1, 0.15) is 23.9 Å². The Hall–Kier alpha value is -1.40. The minimum atomic E-state index is -3.84. The van der Waals surface area contributed by atoms with E-state index >= 15 is 0 Å². The number of hydrogen-bond donors (Lipinski definition) is 0. The van der Waals surface area contributed by atoms with Crippen molar-refractivity contribution < 1.29 is 12.8 Å². The average Bonchev–Trinajstić information content (AvgIpc) is 2.75. The first-order chi connectivity index (χ1) is 9.31. The predicted octanol–water partition coefficient (Wildman–Crippen LogP) is 2.87. The van der Waals surface area contributed by atoms with Crippen molar-refractivity contribution >= 4 is 19.7 Å². The molecule has 2 aromatic rings. The van der Waals surface area contributed by atoms with E-state index in [4.69, 9.17) is 10.7 Å². The van der Waals surface area contributed by atoms with Crippen LogP contribution in [0.15, 0.2) is 29.4 Å². The zero-order chi connectivity index (χ0) is 14.9. The largest absolute Gasteiger partial charge is 0.329 e. The van der Waals surface area contributed by atoms with E-state index in [-0.39, 0.29) is 10.8 Å². The molecule has 1 aromatic carbocycles. The minimum absolute atomic E-state index is 0.157. The second-order valence-electron chi connectivity index (χ2n) is 4.49. The van der Waals surface area contributed by atoms with Crippen LogP contribution in [0, 0.1) is 12.7 Å². The van der Waals surface area contributed by atoms with E-state index in [1.165, 1.54) is 18.3 Å². The summed E-state index contributed by atoms with van der Waals surface area (Å²) >= 11 is 0. The topological polar surface area (TPSA) is 52.0 Å². The molecule has 0 saturated carbocycles. The van der Waals surface area contributed by atoms with E-state index < -0.39 is 9.05 Å². The maximum Gasteiger partial charge on any atom is 0.280 e. The van der Waals surface area contributed by atoms with Gasteiger partial charge in [0.05, 0.1) is 0 Å². The van der Waals surface area contributed by atoms with Crippen molar-refractivity contribution in [1.29, 1.82) is 0 Å². The van der Waals surface area contributed by atoms with Crippen molar-refractivity contribution in [2.75, 3.05) is 0 Å². The Morgan fingerprint density at radius 2 is 2.10 bits per heavy atom. The molecule has 0 bridgehead atoms. The fourth-order valence-electron chi connectivity index (χ4n) is 1.98. The van der Waals surface area contributed by atoms with Gasteiger partial charge in [-0.25, -0.2) is 17.8 Å². The van der Waals surface area contributed by atoms with E-state index in [1.807, 2.05) is 6.92 Å². The molecule has 108 valence electrons. The van der Waals surface area contributed by atoms with Gasteiger partial charge in [-0.05, 0) is 30.2 Å². The lowest BCUT2D eigenvalue weighted by Crippen LogP contribution is -2.04. The standard InChI is InChI=1S/C13H14ClFN2O2S/c1-3-12-16-13(20(14,18)19)8-17(12)7-10-4-5-11(15)6-9(10)2/h4-6,8H,3,7H2,1-2H3. The third-order valence-corrected chi connectivity index (χ3v) is 4.22. The van der Waals surface area contributed by atoms with Gasteiger partial charge in [-0.3, -0.25) is 0 Å². The zero-order valence-electron chi connectivity index (χ0n) is 11.1. The van der Waals surface area contributed by atoms with Gasteiger partial charge in [0.2, 0.25) is 0 Å². The summed E-state index contributed by atoms with van der Waals surface area (Å²) in [7, 11) is 1.46. The molecule has 7 heteroatoms. The Bertz CT molecular complexity index is 741. The molecule has 1 aromatic heterocycles. The predicted molar refractivity (Wildman–Crippen MR) is 74.9 cm³/mol. The highest BCUT2D eigenvalue weighted by atomic mass is 35.7. The second-order valence-corrected chi connectivity index (χ2v) is 7.00. The molecule has 0 N–H and O–H groups in total. The van der Waals surface area contributed by atoms with Gasteiger partial charge >= 0.3 is 0 Å². The summed E-state index contributed by atoms with van der Waals surface area (Å²) in [5.41, 5.74) is 1.70. The van der Waals surface area contributed by atoms with Crippen LogP contribution in [-0.4, -0.2) is 18.0 Å². The molecule has 0 aliphatic carbocycles. The molecule has 0 fully saturated rings. The molecule has 1 heterocycles. The average molecular weight is 317 g/mol. The van der Waals surface area contributed by atoms with E-state index in [1.54, 1.807) is 17.6 Å². The summed E-state index contributed by atoms with van der Waals surface area (Å²) < 4.78 is 37.4. The summed E-state index contributed by atoms with van der Waals surface area (Å²) in [5.74, 6) is 0.324. The zero-order valence-corrected chi connectivity index (χ0v) is 12.7. The van der Waals surface area contributed by atoms with Gasteiger partial charge in [-0.15, -0.1) is 0 Å². The first kappa shape index (κ1) is 15.0. The van der Waals surface area contributed by atoms with Gasteiger partial charge in [-0.1, -0.05) is 13.0 Å². The first-order valence-electron chi connectivity index (χ1n) is 6.07. The Balaban J connectivity index is 2.40. The summed E-state index contributed by atoms with van der Waals surface area (Å²) in [5, 5.41) is -0.157. The Morgan fingerprint density at radius 1 is 1.40 bits per heavy atom. The number of aryl methyl sites for hydroxylation is 2. The van der Waals surface area contributed by atoms with Crippen molar-refractivity contribution in [3.8, 4) is 0 Å². The maximum absolute atomic E-state index is 13.1. The quantitative estimate of drug-likeness (QED) is 0.815. The van der Waals surface area contributed by atoms with Crippen molar-refractivity contribution in [2.24, 2.45) is 0 Å². The van der Waals surface area contributed by atoms with E-state index in [0.29, 0.717) is 18.8 Å². The normalized spacial score (nSPS) is 11.8. The fraction of sp³-hybridized carbons (Fsp3) is 0.308. The van der Waals surface area contributed by atoms with Crippen LogP contribution >= 0.6 is 10.7 Å². The number of benzene rings is 1. The van der Waals surface area contributed by atoms with Crippen LogP contribution in [0.3, 0.4) is 0 Å². The summed E-state index contributed by atoms with van der Waals surface area (Å²) in [4.78, 5) is 4.01. The molecule has 0 saturated heterocycles. The highest BCUT2D eigenvalue weighted by Crippen LogP contribution is 2.18. The fourth-order valence-corrected chi connectivity index (χ4v) is 2.68. The minimum Gasteiger partial charge on any atom is -0.329 e. The lowest BCUT2D eigenvalue weighted by atomic mass is 10.1. The van der Waals surface area contributed by atoms with Gasteiger partial charge in [-0.2, -0.15) is 0 Å². The highest BCUT2D eigenvalue weighted by molar-refractivity contribution is 8.13. The van der Waals surface area contributed by atoms with E-state index in [9.17, 15) is 12.8 Å². The number of hydrogen-bond acceptors (Lipinski definition) is 3. The summed E-state index contributed by atoms with van der Waals surface area (Å²) in [6.07, 6.45) is 1.98. The number of halogens is 2. The van der Waals surface area contributed by atoms with Crippen molar-refractivity contribution in [3.63, 3.8) is 0 Å². The van der Waals surface area contributed by atoms with Crippen LogP contribution in [0.25, 0.3) is 0 Å². The highest BCUT2D eigenvalue weighted by Gasteiger charge is 2.17. The summed E-state index contributed by atoms with van der Waals surface area (Å²) in [6, 6.07) is 4.50. The molecule has 20 heavy (non-hydrogen) atoms. The van der Waals surface area contributed by atoms with Crippen molar-refractivity contribution in [1.82, 2.24) is 9.55 Å². The molecule has 0 aliphatic rings. The Kier molecular flexibility index (Phi) is 4.15. The molecular weight excluding hydrogens is 303 g/mol. The van der Waals surface area contributed by atoms with Crippen LogP contribution in [0.2, 0.25) is 0 Å². The Labute approximate surface area is 121 Å². The SMILES string of the molecule is CCc1nc(S(=O)(=O)Cl)cn1Cc1ccc(F)cc1C. The molecule has 0 aliphatic heterocycles. The summed E-state index contributed by atoms with van der Waals surface area (Å²) in [6.45, 7) is 4.11. The smallest absolute Gasteiger partial charge is 0.280 e. The van der Waals surface area contributed by atoms with Gasteiger partial charge in [0.1, 0.15) is 11.6 Å². The third-order valence-electron chi connectivity index (χ3n) is 3.05. The lowest BCUT2D eigenvalue weighted by molar-refractivity contribution is 0.606. The van der Waals surface area contributed by atoms with Gasteiger partial charge < -0.3 is 4.57 Å². The van der Waals surface area contributed by atoms with Crippen LogP contribution in [0.4, 0.5) is 4.39 Å². The molecule has 0 unspecified atom stereocenters. The molecule has 0 radical (unpaired) electrons. The van der Waals surface area contributed by atoms with E-state index in [2.05, 4.69) is 4.98 Å². The molecule has 0 atom stereocenters.